The Morgan fingerprint density at radius 1 is 1.45 bits per heavy atom. The highest BCUT2D eigenvalue weighted by Gasteiger charge is 2.27. The van der Waals surface area contributed by atoms with E-state index in [2.05, 4.69) is 10.6 Å². The molecule has 3 N–H and O–H groups in total. The SMILES string of the molecule is O=C1CCC(NC(=O)Cc2ccc(O)c(Cl)c2)C(=O)N1. The summed E-state index contributed by atoms with van der Waals surface area (Å²) in [5.41, 5.74) is 0.623. The molecular formula is C13H13ClN2O4. The predicted molar refractivity (Wildman–Crippen MR) is 71.1 cm³/mol. The largest absolute Gasteiger partial charge is 0.506 e. The molecule has 1 saturated heterocycles. The van der Waals surface area contributed by atoms with Gasteiger partial charge in [-0.3, -0.25) is 19.7 Å². The van der Waals surface area contributed by atoms with Gasteiger partial charge in [0.25, 0.3) is 0 Å². The van der Waals surface area contributed by atoms with Gasteiger partial charge in [0.1, 0.15) is 11.8 Å². The van der Waals surface area contributed by atoms with E-state index in [4.69, 9.17) is 11.6 Å². The maximum atomic E-state index is 11.8. The van der Waals surface area contributed by atoms with Crippen LogP contribution in [0, 0.1) is 0 Å². The highest BCUT2D eigenvalue weighted by atomic mass is 35.5. The summed E-state index contributed by atoms with van der Waals surface area (Å²) in [6.45, 7) is 0. The monoisotopic (exact) mass is 296 g/mol. The number of nitrogens with one attached hydrogen (secondary N) is 2. The number of phenolic OH excluding ortho intramolecular Hbond substituents is 1. The number of benzene rings is 1. The predicted octanol–water partition coefficient (Wildman–Crippen LogP) is 0.509. The molecule has 7 heteroatoms. The second-order valence-corrected chi connectivity index (χ2v) is 4.94. The van der Waals surface area contributed by atoms with Crippen molar-refractivity contribution in [3.63, 3.8) is 0 Å². The summed E-state index contributed by atoms with van der Waals surface area (Å²) in [5.74, 6) is -1.22. The number of carbonyl (C=O) groups excluding carboxylic acids is 3. The van der Waals surface area contributed by atoms with Crippen molar-refractivity contribution >= 4 is 29.3 Å². The molecule has 1 heterocycles. The molecule has 1 aromatic carbocycles. The average Bonchev–Trinajstić information content (AvgIpc) is 2.37. The lowest BCUT2D eigenvalue weighted by Crippen LogP contribution is -2.52. The van der Waals surface area contributed by atoms with Gasteiger partial charge in [0.2, 0.25) is 17.7 Å². The maximum absolute atomic E-state index is 11.8. The molecule has 2 rings (SSSR count). The molecule has 1 unspecified atom stereocenters. The van der Waals surface area contributed by atoms with E-state index in [1.54, 1.807) is 6.07 Å². The lowest BCUT2D eigenvalue weighted by Gasteiger charge is -2.21. The van der Waals surface area contributed by atoms with Crippen molar-refractivity contribution in [3.05, 3.63) is 28.8 Å². The minimum atomic E-state index is -0.687. The lowest BCUT2D eigenvalue weighted by atomic mass is 10.1. The Morgan fingerprint density at radius 3 is 2.85 bits per heavy atom. The third-order valence-electron chi connectivity index (χ3n) is 2.95. The van der Waals surface area contributed by atoms with E-state index in [1.165, 1.54) is 12.1 Å². The number of hydrogen-bond acceptors (Lipinski definition) is 4. The Morgan fingerprint density at radius 2 is 2.20 bits per heavy atom. The molecule has 3 amide bonds. The summed E-state index contributed by atoms with van der Waals surface area (Å²) in [6, 6.07) is 3.77. The topological polar surface area (TPSA) is 95.5 Å². The van der Waals surface area contributed by atoms with Crippen LogP contribution in [-0.4, -0.2) is 28.9 Å². The van der Waals surface area contributed by atoms with Gasteiger partial charge in [-0.15, -0.1) is 0 Å². The van der Waals surface area contributed by atoms with E-state index >= 15 is 0 Å². The van der Waals surface area contributed by atoms with E-state index in [0.29, 0.717) is 12.0 Å². The van der Waals surface area contributed by atoms with Crippen LogP contribution in [0.1, 0.15) is 18.4 Å². The molecule has 1 fully saturated rings. The van der Waals surface area contributed by atoms with Gasteiger partial charge in [0.05, 0.1) is 11.4 Å². The van der Waals surface area contributed by atoms with Crippen LogP contribution >= 0.6 is 11.6 Å². The van der Waals surface area contributed by atoms with Gasteiger partial charge < -0.3 is 10.4 Å². The standard InChI is InChI=1S/C13H13ClN2O4/c14-8-5-7(1-3-10(8)17)6-12(19)15-9-2-4-11(18)16-13(9)20/h1,3,5,9,17H,2,4,6H2,(H,15,19)(H,16,18,20). The van der Waals surface area contributed by atoms with E-state index in [1.807, 2.05) is 0 Å². The van der Waals surface area contributed by atoms with Gasteiger partial charge in [-0.1, -0.05) is 17.7 Å². The minimum absolute atomic E-state index is 0.0394. The summed E-state index contributed by atoms with van der Waals surface area (Å²) >= 11 is 5.75. The van der Waals surface area contributed by atoms with Crippen LogP contribution in [-0.2, 0) is 20.8 Å². The summed E-state index contributed by atoms with van der Waals surface area (Å²) < 4.78 is 0. The third-order valence-corrected chi connectivity index (χ3v) is 3.25. The van der Waals surface area contributed by atoms with E-state index in [0.717, 1.165) is 0 Å². The molecule has 0 bridgehead atoms. The summed E-state index contributed by atoms with van der Waals surface area (Å²) in [6.07, 6.45) is 0.548. The van der Waals surface area contributed by atoms with Gasteiger partial charge in [-0.2, -0.15) is 0 Å². The van der Waals surface area contributed by atoms with Crippen molar-refractivity contribution in [2.75, 3.05) is 0 Å². The fourth-order valence-electron chi connectivity index (χ4n) is 1.92. The van der Waals surface area contributed by atoms with Crippen molar-refractivity contribution in [2.24, 2.45) is 0 Å². The van der Waals surface area contributed by atoms with E-state index in [9.17, 15) is 19.5 Å². The molecule has 0 radical (unpaired) electrons. The number of carbonyl (C=O) groups is 3. The highest BCUT2D eigenvalue weighted by Crippen LogP contribution is 2.23. The van der Waals surface area contributed by atoms with E-state index < -0.39 is 11.9 Å². The first kappa shape index (κ1) is 14.3. The van der Waals surface area contributed by atoms with Gasteiger partial charge >= 0.3 is 0 Å². The molecule has 0 saturated carbocycles. The quantitative estimate of drug-likeness (QED) is 0.708. The number of rotatable bonds is 3. The highest BCUT2D eigenvalue weighted by molar-refractivity contribution is 6.32. The molecule has 1 atom stereocenters. The zero-order chi connectivity index (χ0) is 14.7. The van der Waals surface area contributed by atoms with Crippen molar-refractivity contribution in [1.82, 2.24) is 10.6 Å². The number of phenols is 1. The molecular weight excluding hydrogens is 284 g/mol. The Labute approximate surface area is 120 Å². The molecule has 0 aromatic heterocycles. The Hall–Kier alpha value is -2.08. The normalized spacial score (nSPS) is 18.6. The summed E-state index contributed by atoms with van der Waals surface area (Å²) in [5, 5.41) is 14.2. The maximum Gasteiger partial charge on any atom is 0.249 e. The van der Waals surface area contributed by atoms with Crippen molar-refractivity contribution < 1.29 is 19.5 Å². The zero-order valence-corrected chi connectivity index (χ0v) is 11.2. The fourth-order valence-corrected chi connectivity index (χ4v) is 2.13. The Bertz CT molecular complexity index is 573. The van der Waals surface area contributed by atoms with Gasteiger partial charge in [-0.25, -0.2) is 0 Å². The molecule has 1 aliphatic rings. The van der Waals surface area contributed by atoms with Crippen LogP contribution in [0.5, 0.6) is 5.75 Å². The van der Waals surface area contributed by atoms with E-state index in [-0.39, 0.29) is 35.4 Å². The first-order valence-corrected chi connectivity index (χ1v) is 6.44. The first-order chi connectivity index (χ1) is 9.45. The van der Waals surface area contributed by atoms with Gasteiger partial charge in [0.15, 0.2) is 0 Å². The third kappa shape index (κ3) is 3.48. The first-order valence-electron chi connectivity index (χ1n) is 6.06. The Kier molecular flexibility index (Phi) is 4.24. The molecule has 6 nitrogen and oxygen atoms in total. The lowest BCUT2D eigenvalue weighted by molar-refractivity contribution is -0.137. The van der Waals surface area contributed by atoms with Crippen LogP contribution in [0.15, 0.2) is 18.2 Å². The number of amides is 3. The summed E-state index contributed by atoms with van der Waals surface area (Å²) in [7, 11) is 0. The number of aromatic hydroxyl groups is 1. The van der Waals surface area contributed by atoms with Gasteiger partial charge in [-0.05, 0) is 24.1 Å². The average molecular weight is 297 g/mol. The molecule has 0 spiro atoms. The number of hydrogen-bond donors (Lipinski definition) is 3. The van der Waals surface area contributed by atoms with Crippen molar-refractivity contribution in [1.29, 1.82) is 0 Å². The second kappa shape index (κ2) is 5.92. The van der Waals surface area contributed by atoms with Crippen LogP contribution in [0.25, 0.3) is 0 Å². The number of imide groups is 1. The molecule has 1 aromatic rings. The van der Waals surface area contributed by atoms with Crippen LogP contribution in [0.4, 0.5) is 0 Å². The second-order valence-electron chi connectivity index (χ2n) is 4.53. The number of piperidine rings is 1. The fraction of sp³-hybridized carbons (Fsp3) is 0.308. The van der Waals surface area contributed by atoms with Gasteiger partial charge in [0, 0.05) is 6.42 Å². The Balaban J connectivity index is 1.93. The van der Waals surface area contributed by atoms with Crippen LogP contribution in [0.2, 0.25) is 5.02 Å². The van der Waals surface area contributed by atoms with Crippen LogP contribution in [0.3, 0.4) is 0 Å². The van der Waals surface area contributed by atoms with Crippen molar-refractivity contribution in [2.45, 2.75) is 25.3 Å². The molecule has 106 valence electrons. The number of halogens is 1. The van der Waals surface area contributed by atoms with Crippen molar-refractivity contribution in [3.8, 4) is 5.75 Å². The smallest absolute Gasteiger partial charge is 0.249 e. The summed E-state index contributed by atoms with van der Waals surface area (Å²) in [4.78, 5) is 34.3. The molecule has 20 heavy (non-hydrogen) atoms. The zero-order valence-electron chi connectivity index (χ0n) is 10.5. The molecule has 1 aliphatic heterocycles. The molecule has 0 aliphatic carbocycles. The minimum Gasteiger partial charge on any atom is -0.506 e. The van der Waals surface area contributed by atoms with Crippen LogP contribution < -0.4 is 10.6 Å².